The minimum Gasteiger partial charge on any atom is -0.462 e. The standard InChI is InChI=1S/C48H85N3O15P2.2H3N/c1-3-5-7-9-11-13-15-17-19-21-23-25-27-29-31-33-43(52)61-37-40(64-44(53)34-32-30-28-26-24-22-20-18-16-14-12-10-8-6-4-2)38-62-67(57,58)66-68(59,60)63-39-41-45(54)46(55)47(65-41)51-36-35-42(49)50-48(51)56;;/h17-20,35-36,40-41,45-47,54-55H,3-16,21-34,37-39H2,1-2H3,(H,57,58)(H,59,60)(H2,49,50,56);2*1H3/b19-17-,20-18-;;/t40-,41-,45+,46?,47-;;/m1../s1. The van der Waals surface area contributed by atoms with Crippen LogP contribution in [-0.2, 0) is 46.3 Å². The molecule has 0 aliphatic carbocycles. The molecule has 0 spiro atoms. The maximum absolute atomic E-state index is 12.8. The van der Waals surface area contributed by atoms with Crippen molar-refractivity contribution < 1.29 is 66.3 Å². The molecular formula is C48H91N5O15P2. The second-order valence-corrected chi connectivity index (χ2v) is 20.7. The Bertz CT molecular complexity index is 1740. The fourth-order valence-corrected chi connectivity index (χ4v) is 9.65. The third kappa shape index (κ3) is 32.3. The van der Waals surface area contributed by atoms with Gasteiger partial charge in [0.2, 0.25) is 0 Å². The van der Waals surface area contributed by atoms with E-state index in [2.05, 4.69) is 47.4 Å². The van der Waals surface area contributed by atoms with Crippen LogP contribution < -0.4 is 23.7 Å². The molecule has 0 amide bonds. The minimum atomic E-state index is -5.42. The molecule has 1 fully saturated rings. The van der Waals surface area contributed by atoms with E-state index in [0.717, 1.165) is 81.6 Å². The molecule has 1 aliphatic heterocycles. The van der Waals surface area contributed by atoms with Crippen molar-refractivity contribution in [2.75, 3.05) is 25.6 Å². The van der Waals surface area contributed by atoms with Crippen molar-refractivity contribution in [1.82, 2.24) is 21.9 Å². The predicted octanol–water partition coefficient (Wildman–Crippen LogP) is 10.5. The van der Waals surface area contributed by atoms with Gasteiger partial charge in [0.25, 0.3) is 0 Å². The molecule has 1 aliphatic rings. The molecule has 0 bridgehead atoms. The zero-order valence-corrected chi connectivity index (χ0v) is 44.1. The van der Waals surface area contributed by atoms with Crippen LogP contribution in [0.4, 0.5) is 5.82 Å². The van der Waals surface area contributed by atoms with E-state index in [1.165, 1.54) is 89.3 Å². The van der Waals surface area contributed by atoms with Gasteiger partial charge in [0.1, 0.15) is 30.7 Å². The number of allylic oxidation sites excluding steroid dienone is 4. The number of hydrogen-bond donors (Lipinski definition) is 7. The number of hydrogen-bond acceptors (Lipinski definition) is 17. The van der Waals surface area contributed by atoms with Crippen LogP contribution in [0.15, 0.2) is 41.4 Å². The molecule has 70 heavy (non-hydrogen) atoms. The second-order valence-electron chi connectivity index (χ2n) is 17.7. The molecule has 1 aromatic heterocycles. The first kappa shape index (κ1) is 67.2. The van der Waals surface area contributed by atoms with Gasteiger partial charge in [0.05, 0.1) is 13.2 Å². The molecule has 0 aromatic carbocycles. The van der Waals surface area contributed by atoms with Crippen LogP contribution in [0.5, 0.6) is 0 Å². The number of ether oxygens (including phenoxy) is 3. The monoisotopic (exact) mass is 1040 g/mol. The number of esters is 2. The number of aliphatic hydroxyl groups excluding tert-OH is 2. The van der Waals surface area contributed by atoms with Crippen LogP contribution in [0.3, 0.4) is 0 Å². The number of phosphoric acid groups is 2. The van der Waals surface area contributed by atoms with Crippen molar-refractivity contribution in [3.63, 3.8) is 0 Å². The lowest BCUT2D eigenvalue weighted by Gasteiger charge is -2.21. The first-order valence-electron chi connectivity index (χ1n) is 25.3. The number of aliphatic hydroxyl groups is 2. The Morgan fingerprint density at radius 1 is 0.686 bits per heavy atom. The van der Waals surface area contributed by atoms with Crippen LogP contribution in [0.1, 0.15) is 200 Å². The average Bonchev–Trinajstić information content (AvgIpc) is 3.57. The van der Waals surface area contributed by atoms with Crippen LogP contribution >= 0.6 is 15.6 Å². The van der Waals surface area contributed by atoms with Crippen molar-refractivity contribution in [3.05, 3.63) is 47.1 Å². The van der Waals surface area contributed by atoms with E-state index in [9.17, 15) is 43.5 Å². The molecule has 2 rings (SSSR count). The molecule has 0 radical (unpaired) electrons. The van der Waals surface area contributed by atoms with Crippen molar-refractivity contribution in [1.29, 1.82) is 0 Å². The number of phosphoric ester groups is 2. The lowest BCUT2D eigenvalue weighted by molar-refractivity contribution is -0.161. The number of carbonyl (C=O) groups is 2. The Kier molecular flexibility index (Phi) is 39.0. The highest BCUT2D eigenvalue weighted by Gasteiger charge is 2.46. The van der Waals surface area contributed by atoms with Crippen molar-refractivity contribution in [2.45, 2.75) is 224 Å². The number of nitrogens with zero attached hydrogens (tertiary/aromatic N) is 2. The smallest absolute Gasteiger partial charge is 0.462 e. The molecule has 7 atom stereocenters. The molecule has 0 saturated carbocycles. The van der Waals surface area contributed by atoms with Crippen LogP contribution in [0, 0.1) is 0 Å². The van der Waals surface area contributed by atoms with E-state index in [1.54, 1.807) is 0 Å². The third-order valence-electron chi connectivity index (χ3n) is 11.5. The van der Waals surface area contributed by atoms with Crippen molar-refractivity contribution in [3.8, 4) is 0 Å². The summed E-state index contributed by atoms with van der Waals surface area (Å²) in [6.07, 6.45) is 31.1. The number of carbonyl (C=O) groups excluding carboxylic acids is 2. The van der Waals surface area contributed by atoms with Gasteiger partial charge in [0, 0.05) is 19.0 Å². The Hall–Kier alpha value is -2.84. The zero-order chi connectivity index (χ0) is 49.9. The molecule has 12 N–H and O–H groups in total. The van der Waals surface area contributed by atoms with E-state index in [0.29, 0.717) is 12.8 Å². The molecule has 1 saturated heterocycles. The maximum atomic E-state index is 12.8. The lowest BCUT2D eigenvalue weighted by Crippen LogP contribution is -2.36. The topological polar surface area (TPSA) is 335 Å². The van der Waals surface area contributed by atoms with Gasteiger partial charge in [0.15, 0.2) is 12.3 Å². The highest BCUT2D eigenvalue weighted by Crippen LogP contribution is 2.60. The maximum Gasteiger partial charge on any atom is 0.481 e. The summed E-state index contributed by atoms with van der Waals surface area (Å²) in [4.78, 5) is 61.9. The van der Waals surface area contributed by atoms with Crippen molar-refractivity contribution >= 4 is 33.4 Å². The largest absolute Gasteiger partial charge is 0.481 e. The van der Waals surface area contributed by atoms with E-state index in [-0.39, 0.29) is 31.0 Å². The Balaban J connectivity index is 0.0000238. The Morgan fingerprint density at radius 2 is 1.13 bits per heavy atom. The summed E-state index contributed by atoms with van der Waals surface area (Å²) >= 11 is 0. The van der Waals surface area contributed by atoms with Crippen LogP contribution in [0.25, 0.3) is 0 Å². The Morgan fingerprint density at radius 3 is 1.61 bits per heavy atom. The van der Waals surface area contributed by atoms with Crippen LogP contribution in [-0.4, -0.2) is 85.7 Å². The van der Waals surface area contributed by atoms with Crippen molar-refractivity contribution in [2.24, 2.45) is 0 Å². The van der Waals surface area contributed by atoms with Gasteiger partial charge in [-0.1, -0.05) is 141 Å². The van der Waals surface area contributed by atoms with Gasteiger partial charge in [-0.15, -0.1) is 0 Å². The lowest BCUT2D eigenvalue weighted by atomic mass is 10.1. The summed E-state index contributed by atoms with van der Waals surface area (Å²) in [7, 11) is -10.8. The number of unbranched alkanes of at least 4 members (excludes halogenated alkanes) is 22. The molecular weight excluding hydrogens is 948 g/mol. The van der Waals surface area contributed by atoms with Crippen LogP contribution in [0.2, 0.25) is 0 Å². The third-order valence-corrected chi connectivity index (χ3v) is 14.1. The minimum absolute atomic E-state index is 0. The quantitative estimate of drug-likeness (QED) is 0.0138. The first-order chi connectivity index (χ1) is 32.7. The number of aromatic nitrogens is 2. The summed E-state index contributed by atoms with van der Waals surface area (Å²) < 4.78 is 56.8. The zero-order valence-electron chi connectivity index (χ0n) is 42.3. The molecule has 408 valence electrons. The summed E-state index contributed by atoms with van der Waals surface area (Å²) in [5.41, 5.74) is 4.59. The molecule has 3 unspecified atom stereocenters. The van der Waals surface area contributed by atoms with E-state index < -0.39 is 83.7 Å². The normalized spacial score (nSPS) is 19.1. The average molecular weight is 1040 g/mol. The van der Waals surface area contributed by atoms with Gasteiger partial charge in [-0.25, -0.2) is 13.9 Å². The Labute approximate surface area is 417 Å². The summed E-state index contributed by atoms with van der Waals surface area (Å²) in [6, 6.07) is 1.25. The summed E-state index contributed by atoms with van der Waals surface area (Å²) in [5.74, 6) is -1.31. The fraction of sp³-hybridized carbons (Fsp3) is 0.792. The second kappa shape index (κ2) is 40.6. The molecule has 20 nitrogen and oxygen atoms in total. The van der Waals surface area contributed by atoms with Gasteiger partial charge in [-0.3, -0.25) is 23.2 Å². The number of nitrogens with two attached hydrogens (primary N) is 1. The molecule has 22 heteroatoms. The predicted molar refractivity (Wildman–Crippen MR) is 271 cm³/mol. The van der Waals surface area contributed by atoms with Gasteiger partial charge >= 0.3 is 33.3 Å². The molecule has 2 heterocycles. The highest BCUT2D eigenvalue weighted by molar-refractivity contribution is 7.61. The number of nitrogen functional groups attached to an aromatic ring is 1. The number of anilines is 1. The highest BCUT2D eigenvalue weighted by atomic mass is 31.3. The van der Waals surface area contributed by atoms with E-state index >= 15 is 0 Å². The summed E-state index contributed by atoms with van der Waals surface area (Å²) in [6.45, 7) is 2.14. The first-order valence-corrected chi connectivity index (χ1v) is 28.3. The number of rotatable bonds is 42. The van der Waals surface area contributed by atoms with E-state index in [4.69, 9.17) is 29.0 Å². The summed E-state index contributed by atoms with van der Waals surface area (Å²) in [5, 5.41) is 20.9. The van der Waals surface area contributed by atoms with E-state index in [1.807, 2.05) is 0 Å². The van der Waals surface area contributed by atoms with Gasteiger partial charge in [-0.05, 0) is 70.3 Å². The van der Waals surface area contributed by atoms with Gasteiger partial charge in [-0.2, -0.15) is 9.29 Å². The van der Waals surface area contributed by atoms with Gasteiger partial charge < -0.3 is 52.2 Å². The SMILES string of the molecule is CCCCCCCC/C=C\CCCCCCCC(=O)OC[C@H](COP(=O)(O)OP(=O)(O)OC[C@H]1O[C@@H](n2ccc(N)nc2=O)C(O)[C@H]1O)OC(=O)CCCCCCC/C=C\CCCCCCCC.N.N. The molecule has 1 aromatic rings. The fourth-order valence-electron chi connectivity index (χ4n) is 7.54.